The van der Waals surface area contributed by atoms with Crippen molar-refractivity contribution in [1.29, 1.82) is 5.26 Å². The van der Waals surface area contributed by atoms with E-state index in [1.807, 2.05) is 6.07 Å². The van der Waals surface area contributed by atoms with Crippen LogP contribution in [0.3, 0.4) is 0 Å². The van der Waals surface area contributed by atoms with Crippen LogP contribution >= 0.6 is 11.6 Å². The molecule has 0 saturated heterocycles. The largest absolute Gasteiger partial charge is 0.486 e. The molecule has 1 heterocycles. The fourth-order valence-corrected chi connectivity index (χ4v) is 2.32. The molecule has 1 aliphatic rings. The molecule has 0 fully saturated rings. The van der Waals surface area contributed by atoms with E-state index in [1.165, 1.54) is 0 Å². The third kappa shape index (κ3) is 3.70. The molecule has 1 N–H and O–H groups in total. The SMILES string of the molecule is N#Cc1ccc(OCC(=O)Nc2cc3c(cc2Cl)OCCO3)cc1. The maximum atomic E-state index is 12.0. The molecule has 2 aromatic rings. The minimum atomic E-state index is -0.363. The van der Waals surface area contributed by atoms with Crippen molar-refractivity contribution in [3.05, 3.63) is 47.0 Å². The number of carbonyl (C=O) groups is 1. The van der Waals surface area contributed by atoms with E-state index in [0.29, 0.717) is 46.7 Å². The number of ether oxygens (including phenoxy) is 3. The summed E-state index contributed by atoms with van der Waals surface area (Å²) in [5, 5.41) is 11.8. The maximum absolute atomic E-state index is 12.0. The number of nitrogens with one attached hydrogen (secondary N) is 1. The van der Waals surface area contributed by atoms with Crippen LogP contribution in [-0.2, 0) is 4.79 Å². The lowest BCUT2D eigenvalue weighted by Gasteiger charge is -2.20. The predicted octanol–water partition coefficient (Wildman–Crippen LogP) is 3.00. The monoisotopic (exact) mass is 344 g/mol. The number of fused-ring (bicyclic) bond motifs is 1. The number of rotatable bonds is 4. The second-order valence-electron chi connectivity index (χ2n) is 4.95. The van der Waals surface area contributed by atoms with E-state index < -0.39 is 0 Å². The number of hydrogen-bond acceptors (Lipinski definition) is 5. The molecule has 7 heteroatoms. The first-order chi connectivity index (χ1) is 11.7. The zero-order chi connectivity index (χ0) is 16.9. The highest BCUT2D eigenvalue weighted by Crippen LogP contribution is 2.37. The second kappa shape index (κ2) is 7.11. The summed E-state index contributed by atoms with van der Waals surface area (Å²) >= 11 is 6.13. The number of carbonyl (C=O) groups excluding carboxylic acids is 1. The Labute approximate surface area is 143 Å². The van der Waals surface area contributed by atoms with Crippen LogP contribution in [0.4, 0.5) is 5.69 Å². The molecule has 0 aromatic heterocycles. The quantitative estimate of drug-likeness (QED) is 0.922. The predicted molar refractivity (Wildman–Crippen MR) is 87.7 cm³/mol. The number of hydrogen-bond donors (Lipinski definition) is 1. The van der Waals surface area contributed by atoms with E-state index in [9.17, 15) is 4.79 Å². The summed E-state index contributed by atoms with van der Waals surface area (Å²) in [6.45, 7) is 0.730. The van der Waals surface area contributed by atoms with Gasteiger partial charge >= 0.3 is 0 Å². The van der Waals surface area contributed by atoms with Crippen LogP contribution < -0.4 is 19.5 Å². The lowest BCUT2D eigenvalue weighted by atomic mass is 10.2. The molecule has 0 bridgehead atoms. The number of amides is 1. The average molecular weight is 345 g/mol. The van der Waals surface area contributed by atoms with Gasteiger partial charge in [0.2, 0.25) is 0 Å². The maximum Gasteiger partial charge on any atom is 0.262 e. The van der Waals surface area contributed by atoms with E-state index in [0.717, 1.165) is 0 Å². The molecular weight excluding hydrogens is 332 g/mol. The van der Waals surface area contributed by atoms with Crippen molar-refractivity contribution >= 4 is 23.2 Å². The van der Waals surface area contributed by atoms with E-state index >= 15 is 0 Å². The highest BCUT2D eigenvalue weighted by Gasteiger charge is 2.16. The molecule has 24 heavy (non-hydrogen) atoms. The summed E-state index contributed by atoms with van der Waals surface area (Å²) in [6, 6.07) is 11.7. The van der Waals surface area contributed by atoms with Gasteiger partial charge in [0.15, 0.2) is 18.1 Å². The molecule has 0 unspecified atom stereocenters. The minimum Gasteiger partial charge on any atom is -0.486 e. The fraction of sp³-hybridized carbons (Fsp3) is 0.176. The number of nitriles is 1. The number of anilines is 1. The Balaban J connectivity index is 1.61. The first kappa shape index (κ1) is 16.0. The molecule has 0 aliphatic carbocycles. The highest BCUT2D eigenvalue weighted by atomic mass is 35.5. The zero-order valence-corrected chi connectivity index (χ0v) is 13.3. The lowest BCUT2D eigenvalue weighted by Crippen LogP contribution is -2.21. The molecule has 3 rings (SSSR count). The van der Waals surface area contributed by atoms with Gasteiger partial charge in [0.1, 0.15) is 19.0 Å². The van der Waals surface area contributed by atoms with Crippen LogP contribution in [0, 0.1) is 11.3 Å². The van der Waals surface area contributed by atoms with Gasteiger partial charge in [-0.05, 0) is 24.3 Å². The van der Waals surface area contributed by atoms with Gasteiger partial charge in [0.25, 0.3) is 5.91 Å². The van der Waals surface area contributed by atoms with Gasteiger partial charge in [0.05, 0.1) is 22.3 Å². The Bertz CT molecular complexity index is 799. The Morgan fingerprint density at radius 3 is 2.54 bits per heavy atom. The summed E-state index contributed by atoms with van der Waals surface area (Å²) in [4.78, 5) is 12.0. The van der Waals surface area contributed by atoms with E-state index in [2.05, 4.69) is 5.32 Å². The topological polar surface area (TPSA) is 80.6 Å². The molecule has 0 spiro atoms. The van der Waals surface area contributed by atoms with Crippen molar-refractivity contribution in [2.24, 2.45) is 0 Å². The second-order valence-corrected chi connectivity index (χ2v) is 5.36. The van der Waals surface area contributed by atoms with Crippen LogP contribution in [0.1, 0.15) is 5.56 Å². The molecule has 0 saturated carbocycles. The molecule has 1 amide bonds. The summed E-state index contributed by atoms with van der Waals surface area (Å²) in [7, 11) is 0. The molecule has 0 atom stereocenters. The van der Waals surface area contributed by atoms with E-state index in [1.54, 1.807) is 36.4 Å². The fourth-order valence-electron chi connectivity index (χ4n) is 2.12. The Kier molecular flexibility index (Phi) is 4.73. The van der Waals surface area contributed by atoms with Crippen LogP contribution in [0.5, 0.6) is 17.2 Å². The first-order valence-electron chi connectivity index (χ1n) is 7.17. The van der Waals surface area contributed by atoms with Crippen LogP contribution in [-0.4, -0.2) is 25.7 Å². The minimum absolute atomic E-state index is 0.184. The average Bonchev–Trinajstić information content (AvgIpc) is 2.61. The first-order valence-corrected chi connectivity index (χ1v) is 7.55. The Morgan fingerprint density at radius 1 is 1.21 bits per heavy atom. The van der Waals surface area contributed by atoms with Crippen LogP contribution in [0.25, 0.3) is 0 Å². The van der Waals surface area contributed by atoms with Gasteiger partial charge < -0.3 is 19.5 Å². The van der Waals surface area contributed by atoms with Crippen molar-refractivity contribution < 1.29 is 19.0 Å². The van der Waals surface area contributed by atoms with Gasteiger partial charge in [-0.25, -0.2) is 0 Å². The van der Waals surface area contributed by atoms with E-state index in [-0.39, 0.29) is 12.5 Å². The molecule has 0 radical (unpaired) electrons. The number of benzene rings is 2. The van der Waals surface area contributed by atoms with Crippen molar-refractivity contribution in [3.8, 4) is 23.3 Å². The summed E-state index contributed by atoms with van der Waals surface area (Å²) in [5.41, 5.74) is 0.948. The van der Waals surface area contributed by atoms with Gasteiger partial charge in [-0.15, -0.1) is 0 Å². The van der Waals surface area contributed by atoms with Crippen LogP contribution in [0.2, 0.25) is 5.02 Å². The Hall–Kier alpha value is -2.91. The third-order valence-corrected chi connectivity index (χ3v) is 3.57. The highest BCUT2D eigenvalue weighted by molar-refractivity contribution is 6.34. The van der Waals surface area contributed by atoms with Crippen molar-refractivity contribution in [2.75, 3.05) is 25.1 Å². The van der Waals surface area contributed by atoms with Gasteiger partial charge in [-0.3, -0.25) is 4.79 Å². The summed E-state index contributed by atoms with van der Waals surface area (Å²) in [6.07, 6.45) is 0. The summed E-state index contributed by atoms with van der Waals surface area (Å²) < 4.78 is 16.2. The molecular formula is C17H13ClN2O4. The van der Waals surface area contributed by atoms with E-state index in [4.69, 9.17) is 31.1 Å². The molecule has 2 aromatic carbocycles. The number of nitrogens with zero attached hydrogens (tertiary/aromatic N) is 1. The Morgan fingerprint density at radius 2 is 1.88 bits per heavy atom. The van der Waals surface area contributed by atoms with Gasteiger partial charge in [0, 0.05) is 12.1 Å². The molecule has 122 valence electrons. The number of halogens is 1. The normalized spacial score (nSPS) is 12.2. The van der Waals surface area contributed by atoms with Crippen molar-refractivity contribution in [1.82, 2.24) is 0 Å². The molecule has 6 nitrogen and oxygen atoms in total. The standard InChI is InChI=1S/C17H13ClN2O4/c18-13-7-15-16(23-6-5-22-15)8-14(13)20-17(21)10-24-12-3-1-11(9-19)2-4-12/h1-4,7-8H,5-6,10H2,(H,20,21). The molecule has 1 aliphatic heterocycles. The smallest absolute Gasteiger partial charge is 0.262 e. The zero-order valence-electron chi connectivity index (χ0n) is 12.5. The van der Waals surface area contributed by atoms with Crippen molar-refractivity contribution in [2.45, 2.75) is 0 Å². The third-order valence-electron chi connectivity index (χ3n) is 3.26. The van der Waals surface area contributed by atoms with Gasteiger partial charge in [-0.1, -0.05) is 11.6 Å². The summed E-state index contributed by atoms with van der Waals surface area (Å²) in [5.74, 6) is 1.22. The van der Waals surface area contributed by atoms with Crippen molar-refractivity contribution in [3.63, 3.8) is 0 Å². The van der Waals surface area contributed by atoms with Gasteiger partial charge in [-0.2, -0.15) is 5.26 Å². The van der Waals surface area contributed by atoms with Crippen LogP contribution in [0.15, 0.2) is 36.4 Å². The lowest BCUT2D eigenvalue weighted by molar-refractivity contribution is -0.118.